The minimum absolute atomic E-state index is 0. The first-order valence-electron chi connectivity index (χ1n) is 0. The molecule has 0 spiro atoms. The van der Waals surface area contributed by atoms with Gasteiger partial charge in [-0.2, -0.15) is 0 Å². The van der Waals surface area contributed by atoms with Crippen LogP contribution in [0.3, 0.4) is 0 Å². The van der Waals surface area contributed by atoms with Crippen LogP contribution in [0.25, 0.3) is 0 Å². The van der Waals surface area contributed by atoms with E-state index < -0.39 is 0 Å². The van der Waals surface area contributed by atoms with Gasteiger partial charge in [-0.3, -0.25) is 0 Å². The molecule has 38 valence electrons. The maximum absolute atomic E-state index is 0. The summed E-state index contributed by atoms with van der Waals surface area (Å²) in [7, 11) is 0. The fourth-order valence-electron chi connectivity index (χ4n) is 0. The Hall–Kier alpha value is 1.85. The molecule has 6 heavy (non-hydrogen) atoms. The molecule has 0 aromatic heterocycles. The third-order valence-corrected chi connectivity index (χ3v) is 0. The van der Waals surface area contributed by atoms with Crippen LogP contribution >= 0.6 is 0 Å². The van der Waals surface area contributed by atoms with Gasteiger partial charge in [-0.1, -0.05) is 0 Å². The molecule has 0 unspecified atom stereocenters. The van der Waals surface area contributed by atoms with Crippen molar-refractivity contribution in [3.05, 3.63) is 0 Å². The van der Waals surface area contributed by atoms with E-state index in [1.165, 1.54) is 0 Å². The third-order valence-electron chi connectivity index (χ3n) is 0. The van der Waals surface area contributed by atoms with Crippen molar-refractivity contribution in [1.82, 2.24) is 0 Å². The fourth-order valence-corrected chi connectivity index (χ4v) is 0. The van der Waals surface area contributed by atoms with Crippen molar-refractivity contribution in [2.45, 2.75) is 0 Å². The zero-order valence-electron chi connectivity index (χ0n) is 2.60. The number of rotatable bonds is 0. The van der Waals surface area contributed by atoms with Gasteiger partial charge in [0.1, 0.15) is 0 Å². The van der Waals surface area contributed by atoms with Crippen LogP contribution in [0.4, 0.5) is 0 Å². The predicted molar refractivity (Wildman–Crippen MR) is 7.81 cm³/mol. The molecule has 0 amide bonds. The Balaban J connectivity index is 0. The van der Waals surface area contributed by atoms with E-state index in [2.05, 4.69) is 0 Å². The summed E-state index contributed by atoms with van der Waals surface area (Å²) in [6.07, 6.45) is 0. The largest absolute Gasteiger partial charge is 2.00 e. The molecule has 0 saturated carbocycles. The second-order valence-corrected chi connectivity index (χ2v) is 0. The fraction of sp³-hybridized carbons (Fsp3) is 0. The Morgan fingerprint density at radius 3 is 0.667 bits per heavy atom. The molecule has 0 atom stereocenters. The van der Waals surface area contributed by atoms with Gasteiger partial charge < -0.3 is 16.4 Å². The smallest absolute Gasteiger partial charge is 2.00 e. The molecular formula is FeMgO3Pt. The molecule has 0 N–H and O–H groups in total. The molecule has 6 heteroatoms. The van der Waals surface area contributed by atoms with Crippen LogP contribution in [0.15, 0.2) is 0 Å². The topological polar surface area (TPSA) is 85.5 Å². The van der Waals surface area contributed by atoms with Crippen LogP contribution in [-0.2, 0) is 54.6 Å². The summed E-state index contributed by atoms with van der Waals surface area (Å²) in [5.74, 6) is 0. The number of hydrogen-bond donors (Lipinski definition) is 0. The predicted octanol–water partition coefficient (Wildman–Crippen LogP) is -0.742. The zero-order chi connectivity index (χ0) is 0. The number of hydrogen-bond acceptors (Lipinski definition) is 0. The van der Waals surface area contributed by atoms with E-state index in [1.807, 2.05) is 0 Å². The van der Waals surface area contributed by atoms with Crippen molar-refractivity contribution in [1.29, 1.82) is 0 Å². The Kier molecular flexibility index (Phi) is 1220. The standard InChI is InChI=1S/Fe.Mg.3O.Pt/q2*+2;3*-2;+2. The molecule has 0 aliphatic heterocycles. The van der Waals surface area contributed by atoms with Crippen LogP contribution in [0.1, 0.15) is 0 Å². The normalized spacial score (nSPS) is 0. The Morgan fingerprint density at radius 1 is 0.667 bits per heavy atom. The maximum Gasteiger partial charge on any atom is 2.00 e. The van der Waals surface area contributed by atoms with E-state index in [9.17, 15) is 0 Å². The average Bonchev–Trinajstić information content (AvgIpc) is 0. The van der Waals surface area contributed by atoms with Crippen molar-refractivity contribution in [2.75, 3.05) is 0 Å². The van der Waals surface area contributed by atoms with Gasteiger partial charge in [0.05, 0.1) is 0 Å². The molecule has 0 fully saturated rings. The van der Waals surface area contributed by atoms with Gasteiger partial charge in [0.2, 0.25) is 0 Å². The van der Waals surface area contributed by atoms with Gasteiger partial charge in [-0.15, -0.1) is 0 Å². The van der Waals surface area contributed by atoms with Gasteiger partial charge in [-0.05, 0) is 0 Å². The molecule has 0 saturated heterocycles. The van der Waals surface area contributed by atoms with Crippen LogP contribution in [0, 0.1) is 0 Å². The molecule has 3 nitrogen and oxygen atoms in total. The minimum Gasteiger partial charge on any atom is -2.00 e. The first-order chi connectivity index (χ1) is 0. The summed E-state index contributed by atoms with van der Waals surface area (Å²) in [5, 5.41) is 0. The van der Waals surface area contributed by atoms with E-state index in [0.717, 1.165) is 0 Å². The van der Waals surface area contributed by atoms with Crippen molar-refractivity contribution in [3.8, 4) is 0 Å². The SMILES string of the molecule is [Fe+2].[Mg+2].[O-2].[O-2].[O-2].[Pt+2]. The Bertz CT molecular complexity index is 10.8. The summed E-state index contributed by atoms with van der Waals surface area (Å²) >= 11 is 0. The summed E-state index contributed by atoms with van der Waals surface area (Å²) < 4.78 is 0. The quantitative estimate of drug-likeness (QED) is 0.526. The summed E-state index contributed by atoms with van der Waals surface area (Å²) in [5.41, 5.74) is 0. The summed E-state index contributed by atoms with van der Waals surface area (Å²) in [4.78, 5) is 0. The van der Waals surface area contributed by atoms with Crippen LogP contribution < -0.4 is 0 Å². The molecular weight excluding hydrogens is 323 g/mol. The molecule has 0 rings (SSSR count). The van der Waals surface area contributed by atoms with Crippen LogP contribution in [0.2, 0.25) is 0 Å². The van der Waals surface area contributed by atoms with Gasteiger partial charge in [0.15, 0.2) is 0 Å². The molecule has 0 aromatic rings. The molecule has 0 aliphatic rings. The van der Waals surface area contributed by atoms with Gasteiger partial charge in [0.25, 0.3) is 0 Å². The van der Waals surface area contributed by atoms with E-state index >= 15 is 0 Å². The maximum atomic E-state index is 0. The van der Waals surface area contributed by atoms with Crippen molar-refractivity contribution in [2.24, 2.45) is 0 Å². The first kappa shape index (κ1) is 107. The van der Waals surface area contributed by atoms with Crippen molar-refractivity contribution in [3.63, 3.8) is 0 Å². The van der Waals surface area contributed by atoms with E-state index in [1.54, 1.807) is 0 Å². The van der Waals surface area contributed by atoms with E-state index in [-0.39, 0.29) is 77.6 Å². The second-order valence-electron chi connectivity index (χ2n) is 0. The van der Waals surface area contributed by atoms with Gasteiger partial charge in [0, 0.05) is 0 Å². The van der Waals surface area contributed by atoms with Crippen molar-refractivity contribution < 1.29 is 54.6 Å². The average molecular weight is 323 g/mol. The second kappa shape index (κ2) is 68.3. The molecule has 0 radical (unpaired) electrons. The molecule has 0 heterocycles. The summed E-state index contributed by atoms with van der Waals surface area (Å²) in [6, 6.07) is 0. The third kappa shape index (κ3) is 40.1. The monoisotopic (exact) mass is 323 g/mol. The van der Waals surface area contributed by atoms with Crippen LogP contribution in [-0.4, -0.2) is 23.1 Å². The van der Waals surface area contributed by atoms with E-state index in [0.29, 0.717) is 0 Å². The molecule has 0 bridgehead atoms. The Morgan fingerprint density at radius 2 is 0.667 bits per heavy atom. The van der Waals surface area contributed by atoms with Crippen molar-refractivity contribution >= 4 is 23.1 Å². The van der Waals surface area contributed by atoms with Crippen LogP contribution in [0.5, 0.6) is 0 Å². The minimum atomic E-state index is 0. The van der Waals surface area contributed by atoms with Gasteiger partial charge >= 0.3 is 61.2 Å². The molecule has 0 aromatic carbocycles. The summed E-state index contributed by atoms with van der Waals surface area (Å²) in [6.45, 7) is 0. The zero-order valence-corrected chi connectivity index (χ0v) is 7.39. The molecule has 0 aliphatic carbocycles. The van der Waals surface area contributed by atoms with E-state index in [4.69, 9.17) is 0 Å². The Labute approximate surface area is 77.1 Å². The first-order valence-corrected chi connectivity index (χ1v) is 0. The van der Waals surface area contributed by atoms with Gasteiger partial charge in [-0.25, -0.2) is 0 Å².